The Balaban J connectivity index is 2.95. The smallest absolute Gasteiger partial charge is 0.186 e. The molecule has 0 saturated carbocycles. The molecule has 0 radical (unpaired) electrons. The van der Waals surface area contributed by atoms with Crippen LogP contribution in [0.5, 0.6) is 0 Å². The lowest BCUT2D eigenvalue weighted by molar-refractivity contribution is 0.494. The first kappa shape index (κ1) is 12.0. The number of hydrogen-bond donors (Lipinski definition) is 2. The lowest BCUT2D eigenvalue weighted by Gasteiger charge is -2.08. The van der Waals surface area contributed by atoms with Crippen LogP contribution >= 0.6 is 15.9 Å². The van der Waals surface area contributed by atoms with Crippen molar-refractivity contribution in [3.8, 4) is 0 Å². The highest BCUT2D eigenvalue weighted by molar-refractivity contribution is 9.10. The first-order valence-electron chi connectivity index (χ1n) is 4.52. The number of halogens is 2. The lowest BCUT2D eigenvalue weighted by atomic mass is 10.1. The van der Waals surface area contributed by atoms with Crippen molar-refractivity contribution >= 4 is 21.9 Å². The van der Waals surface area contributed by atoms with Crippen LogP contribution in [0.15, 0.2) is 27.7 Å². The Kier molecular flexibility index (Phi) is 4.55. The fourth-order valence-corrected chi connectivity index (χ4v) is 1.91. The molecule has 0 atom stereocenters. The van der Waals surface area contributed by atoms with Crippen LogP contribution in [-0.2, 0) is 13.0 Å². The second-order valence-corrected chi connectivity index (χ2v) is 3.91. The maximum Gasteiger partial charge on any atom is 0.186 e. The van der Waals surface area contributed by atoms with Crippen LogP contribution in [0.1, 0.15) is 11.1 Å². The van der Waals surface area contributed by atoms with E-state index in [1.165, 1.54) is 0 Å². The monoisotopic (exact) mass is 273 g/mol. The molecule has 0 heterocycles. The molecule has 1 aromatic rings. The van der Waals surface area contributed by atoms with E-state index in [0.717, 1.165) is 15.6 Å². The highest BCUT2D eigenvalue weighted by atomic mass is 79.9. The average molecular weight is 274 g/mol. The van der Waals surface area contributed by atoms with Crippen molar-refractivity contribution in [2.45, 2.75) is 13.0 Å². The van der Waals surface area contributed by atoms with Crippen LogP contribution in [0, 0.1) is 0 Å². The molecule has 1 aromatic carbocycles. The van der Waals surface area contributed by atoms with Gasteiger partial charge in [-0.05, 0) is 17.2 Å². The van der Waals surface area contributed by atoms with Crippen LogP contribution in [0.3, 0.4) is 0 Å². The molecule has 0 aromatic heterocycles. The standard InChI is InChI=1S/C10H13BrFN3/c11-9-3-1-2-7(6-15-10(13)14)8(9)4-5-12/h1-3H,4-6H2,(H4,13,14,15). The lowest BCUT2D eigenvalue weighted by Crippen LogP contribution is -2.22. The summed E-state index contributed by atoms with van der Waals surface area (Å²) in [5, 5.41) is 0. The highest BCUT2D eigenvalue weighted by Crippen LogP contribution is 2.22. The van der Waals surface area contributed by atoms with Crippen LogP contribution in [0.4, 0.5) is 4.39 Å². The van der Waals surface area contributed by atoms with Crippen molar-refractivity contribution in [1.82, 2.24) is 0 Å². The van der Waals surface area contributed by atoms with Gasteiger partial charge in [0.15, 0.2) is 5.96 Å². The van der Waals surface area contributed by atoms with Gasteiger partial charge in [-0.15, -0.1) is 0 Å². The first-order valence-corrected chi connectivity index (χ1v) is 5.32. The summed E-state index contributed by atoms with van der Waals surface area (Å²) >= 11 is 3.38. The van der Waals surface area contributed by atoms with Crippen molar-refractivity contribution in [2.75, 3.05) is 6.67 Å². The second-order valence-electron chi connectivity index (χ2n) is 3.06. The predicted octanol–water partition coefficient (Wildman–Crippen LogP) is 1.73. The van der Waals surface area contributed by atoms with Gasteiger partial charge in [-0.2, -0.15) is 0 Å². The fraction of sp³-hybridized carbons (Fsp3) is 0.300. The van der Waals surface area contributed by atoms with Gasteiger partial charge >= 0.3 is 0 Å². The molecule has 0 unspecified atom stereocenters. The third-order valence-electron chi connectivity index (χ3n) is 1.99. The SMILES string of the molecule is NC(N)=NCc1cccc(Br)c1CCF. The van der Waals surface area contributed by atoms with Crippen molar-refractivity contribution in [3.63, 3.8) is 0 Å². The molecule has 0 amide bonds. The number of guanidine groups is 1. The Bertz CT molecular complexity index is 362. The Morgan fingerprint density at radius 2 is 2.13 bits per heavy atom. The van der Waals surface area contributed by atoms with Gasteiger partial charge in [0.25, 0.3) is 0 Å². The minimum Gasteiger partial charge on any atom is -0.370 e. The van der Waals surface area contributed by atoms with Crippen molar-refractivity contribution in [2.24, 2.45) is 16.5 Å². The zero-order valence-electron chi connectivity index (χ0n) is 8.21. The molecule has 0 aliphatic heterocycles. The van der Waals surface area contributed by atoms with E-state index in [9.17, 15) is 4.39 Å². The molecule has 5 heteroatoms. The summed E-state index contributed by atoms with van der Waals surface area (Å²) < 4.78 is 13.2. The molecule has 0 spiro atoms. The zero-order chi connectivity index (χ0) is 11.3. The van der Waals surface area contributed by atoms with Gasteiger partial charge in [-0.3, -0.25) is 4.39 Å². The van der Waals surface area contributed by atoms with E-state index in [4.69, 9.17) is 11.5 Å². The van der Waals surface area contributed by atoms with Gasteiger partial charge < -0.3 is 11.5 Å². The Morgan fingerprint density at radius 3 is 2.73 bits per heavy atom. The van der Waals surface area contributed by atoms with Crippen molar-refractivity contribution in [1.29, 1.82) is 0 Å². The molecule has 0 bridgehead atoms. The number of nitrogens with two attached hydrogens (primary N) is 2. The summed E-state index contributed by atoms with van der Waals surface area (Å²) in [6.45, 7) is -0.00542. The zero-order valence-corrected chi connectivity index (χ0v) is 9.80. The van der Waals surface area contributed by atoms with Crippen LogP contribution in [0.25, 0.3) is 0 Å². The van der Waals surface area contributed by atoms with Gasteiger partial charge in [-0.25, -0.2) is 4.99 Å². The molecule has 0 aliphatic rings. The maximum absolute atomic E-state index is 12.3. The van der Waals surface area contributed by atoms with E-state index >= 15 is 0 Å². The number of hydrogen-bond acceptors (Lipinski definition) is 1. The molecule has 15 heavy (non-hydrogen) atoms. The van der Waals surface area contributed by atoms with Gasteiger partial charge in [-0.1, -0.05) is 28.1 Å². The topological polar surface area (TPSA) is 64.4 Å². The summed E-state index contributed by atoms with van der Waals surface area (Å²) in [6, 6.07) is 5.65. The molecular formula is C10H13BrFN3. The number of rotatable bonds is 4. The fourth-order valence-electron chi connectivity index (χ4n) is 1.30. The quantitative estimate of drug-likeness (QED) is 0.648. The summed E-state index contributed by atoms with van der Waals surface area (Å²) in [6.07, 6.45) is 0.372. The summed E-state index contributed by atoms with van der Waals surface area (Å²) in [4.78, 5) is 3.91. The second kappa shape index (κ2) is 5.70. The number of alkyl halides is 1. The maximum atomic E-state index is 12.3. The molecule has 4 N–H and O–H groups in total. The normalized spacial score (nSPS) is 10.0. The molecule has 3 nitrogen and oxygen atoms in total. The summed E-state index contributed by atoms with van der Waals surface area (Å²) in [5.74, 6) is 0.0428. The van der Waals surface area contributed by atoms with E-state index in [1.807, 2.05) is 18.2 Å². The number of aliphatic imine (C=N–C) groups is 1. The van der Waals surface area contributed by atoms with Crippen LogP contribution in [-0.4, -0.2) is 12.6 Å². The average Bonchev–Trinajstić information content (AvgIpc) is 2.19. The molecule has 82 valence electrons. The van der Waals surface area contributed by atoms with E-state index in [1.54, 1.807) is 0 Å². The highest BCUT2D eigenvalue weighted by Gasteiger charge is 2.05. The molecule has 0 fully saturated rings. The Labute approximate surface area is 96.5 Å². The Morgan fingerprint density at radius 1 is 1.40 bits per heavy atom. The Hall–Kier alpha value is -1.10. The van der Waals surface area contributed by atoms with Crippen molar-refractivity contribution in [3.05, 3.63) is 33.8 Å². The van der Waals surface area contributed by atoms with Gasteiger partial charge in [0.05, 0.1) is 13.2 Å². The van der Waals surface area contributed by atoms with Crippen LogP contribution < -0.4 is 11.5 Å². The van der Waals surface area contributed by atoms with Crippen LogP contribution in [0.2, 0.25) is 0 Å². The van der Waals surface area contributed by atoms with E-state index in [2.05, 4.69) is 20.9 Å². The number of nitrogens with zero attached hydrogens (tertiary/aromatic N) is 1. The number of benzene rings is 1. The van der Waals surface area contributed by atoms with Gasteiger partial charge in [0, 0.05) is 10.9 Å². The van der Waals surface area contributed by atoms with Gasteiger partial charge in [0.1, 0.15) is 0 Å². The minimum absolute atomic E-state index is 0.0428. The summed E-state index contributed by atoms with van der Waals surface area (Å²) in [7, 11) is 0. The summed E-state index contributed by atoms with van der Waals surface area (Å²) in [5.41, 5.74) is 12.4. The van der Waals surface area contributed by atoms with Gasteiger partial charge in [0.2, 0.25) is 0 Å². The van der Waals surface area contributed by atoms with Crippen molar-refractivity contribution < 1.29 is 4.39 Å². The largest absolute Gasteiger partial charge is 0.370 e. The predicted molar refractivity (Wildman–Crippen MR) is 63.3 cm³/mol. The molecule has 0 saturated heterocycles. The third-order valence-corrected chi connectivity index (χ3v) is 2.74. The van der Waals surface area contributed by atoms with E-state index in [-0.39, 0.29) is 5.96 Å². The van der Waals surface area contributed by atoms with E-state index < -0.39 is 6.67 Å². The first-order chi connectivity index (χ1) is 7.15. The minimum atomic E-state index is -0.391. The molecule has 0 aliphatic carbocycles. The molecular weight excluding hydrogens is 261 g/mol. The van der Waals surface area contributed by atoms with E-state index in [0.29, 0.717) is 13.0 Å². The third kappa shape index (κ3) is 3.51. The molecule has 1 rings (SSSR count).